The van der Waals surface area contributed by atoms with Crippen LogP contribution in [0.5, 0.6) is 5.75 Å². The molecule has 1 aromatic heterocycles. The lowest BCUT2D eigenvalue weighted by atomic mass is 10.1. The van der Waals surface area contributed by atoms with Crippen molar-refractivity contribution in [3.8, 4) is 5.75 Å². The summed E-state index contributed by atoms with van der Waals surface area (Å²) in [5.74, 6) is 0.609. The van der Waals surface area contributed by atoms with Crippen molar-refractivity contribution in [1.82, 2.24) is 4.57 Å². The van der Waals surface area contributed by atoms with Crippen LogP contribution in [0, 0.1) is 0 Å². The largest absolute Gasteiger partial charge is 0.494 e. The van der Waals surface area contributed by atoms with Gasteiger partial charge in [-0.15, -0.1) is 0 Å². The zero-order chi connectivity index (χ0) is 19.9. The van der Waals surface area contributed by atoms with Crippen LogP contribution in [0.25, 0.3) is 10.2 Å². The number of thiazole rings is 1. The number of hydrogen-bond acceptors (Lipinski definition) is 4. The highest BCUT2D eigenvalue weighted by atomic mass is 35.5. The first-order valence-corrected chi connectivity index (χ1v) is 10.5. The van der Waals surface area contributed by atoms with Gasteiger partial charge >= 0.3 is 0 Å². The molecule has 5 nitrogen and oxygen atoms in total. The normalized spacial score (nSPS) is 11.9. The van der Waals surface area contributed by atoms with Gasteiger partial charge in [0.2, 0.25) is 0 Å². The van der Waals surface area contributed by atoms with Gasteiger partial charge in [0, 0.05) is 18.2 Å². The fourth-order valence-electron chi connectivity index (χ4n) is 2.84. The Morgan fingerprint density at radius 2 is 1.93 bits per heavy atom. The molecule has 0 unspecified atom stereocenters. The molecule has 148 valence electrons. The third-order valence-corrected chi connectivity index (χ3v) is 5.39. The molecule has 0 atom stereocenters. The van der Waals surface area contributed by atoms with Gasteiger partial charge in [0.05, 0.1) is 29.9 Å². The van der Waals surface area contributed by atoms with E-state index < -0.39 is 0 Å². The molecule has 7 heteroatoms. The van der Waals surface area contributed by atoms with Gasteiger partial charge in [-0.25, -0.2) is 0 Å². The molecule has 0 aliphatic rings. The fraction of sp³-hybridized carbons (Fsp3) is 0.333. The Hall–Kier alpha value is -2.15. The molecule has 0 fully saturated rings. The Balaban J connectivity index is 1.86. The number of amides is 1. The van der Waals surface area contributed by atoms with Gasteiger partial charge in [0.25, 0.3) is 5.91 Å². The van der Waals surface area contributed by atoms with Crippen LogP contribution in [0.4, 0.5) is 0 Å². The van der Waals surface area contributed by atoms with Gasteiger partial charge < -0.3 is 14.0 Å². The summed E-state index contributed by atoms with van der Waals surface area (Å²) >= 11 is 7.58. The van der Waals surface area contributed by atoms with Crippen molar-refractivity contribution < 1.29 is 14.3 Å². The molecule has 0 spiro atoms. The fourth-order valence-corrected chi connectivity index (χ4v) is 4.19. The van der Waals surface area contributed by atoms with Gasteiger partial charge in [-0.05, 0) is 49.7 Å². The van der Waals surface area contributed by atoms with E-state index in [1.807, 2.05) is 60.9 Å². The van der Waals surface area contributed by atoms with E-state index in [-0.39, 0.29) is 12.3 Å². The van der Waals surface area contributed by atoms with E-state index in [0.717, 1.165) is 21.5 Å². The van der Waals surface area contributed by atoms with Crippen LogP contribution in [0.15, 0.2) is 47.5 Å². The monoisotopic (exact) mass is 418 g/mol. The van der Waals surface area contributed by atoms with Crippen molar-refractivity contribution in [2.45, 2.75) is 26.8 Å². The topological polar surface area (TPSA) is 52.8 Å². The number of fused-ring (bicyclic) bond motifs is 1. The van der Waals surface area contributed by atoms with Crippen LogP contribution < -0.4 is 9.54 Å². The summed E-state index contributed by atoms with van der Waals surface area (Å²) in [7, 11) is 0. The molecule has 0 bridgehead atoms. The maximum Gasteiger partial charge on any atom is 0.252 e. The molecule has 0 saturated carbocycles. The first kappa shape index (κ1) is 20.6. The zero-order valence-corrected chi connectivity index (χ0v) is 17.6. The lowest BCUT2D eigenvalue weighted by molar-refractivity contribution is -0.117. The van der Waals surface area contributed by atoms with Gasteiger partial charge in [-0.2, -0.15) is 4.99 Å². The molecule has 2 aromatic carbocycles. The number of halogens is 1. The number of hydrogen-bond donors (Lipinski definition) is 0. The molecule has 0 N–H and O–H groups in total. The molecule has 3 aromatic rings. The van der Waals surface area contributed by atoms with Crippen molar-refractivity contribution in [1.29, 1.82) is 0 Å². The number of ether oxygens (including phenoxy) is 2. The minimum atomic E-state index is -0.188. The van der Waals surface area contributed by atoms with Crippen molar-refractivity contribution in [3.63, 3.8) is 0 Å². The summed E-state index contributed by atoms with van der Waals surface area (Å²) in [6.45, 7) is 6.36. The minimum absolute atomic E-state index is 0.188. The lowest BCUT2D eigenvalue weighted by Gasteiger charge is -2.05. The van der Waals surface area contributed by atoms with Gasteiger partial charge in [0.1, 0.15) is 5.75 Å². The van der Waals surface area contributed by atoms with E-state index >= 15 is 0 Å². The van der Waals surface area contributed by atoms with Crippen LogP contribution in [0.1, 0.15) is 19.4 Å². The van der Waals surface area contributed by atoms with Crippen LogP contribution in [0.2, 0.25) is 5.02 Å². The molecule has 3 rings (SSSR count). The first-order valence-electron chi connectivity index (χ1n) is 9.26. The summed E-state index contributed by atoms with van der Waals surface area (Å²) in [4.78, 5) is 17.6. The zero-order valence-electron chi connectivity index (χ0n) is 16.0. The van der Waals surface area contributed by atoms with Gasteiger partial charge in [0.15, 0.2) is 4.80 Å². The Morgan fingerprint density at radius 1 is 1.14 bits per heavy atom. The van der Waals surface area contributed by atoms with Crippen LogP contribution in [-0.2, 0) is 22.5 Å². The van der Waals surface area contributed by atoms with Crippen LogP contribution in [0.3, 0.4) is 0 Å². The second kappa shape index (κ2) is 9.87. The summed E-state index contributed by atoms with van der Waals surface area (Å²) in [5, 5.41) is 0.665. The second-order valence-corrected chi connectivity index (χ2v) is 7.55. The summed E-state index contributed by atoms with van der Waals surface area (Å²) < 4.78 is 13.9. The Labute approximate surface area is 173 Å². The molecular formula is C21H23ClN2O3S. The Morgan fingerprint density at radius 3 is 2.64 bits per heavy atom. The maximum atomic E-state index is 12.6. The predicted octanol–water partition coefficient (Wildman–Crippen LogP) is 4.46. The quantitative estimate of drug-likeness (QED) is 0.507. The lowest BCUT2D eigenvalue weighted by Crippen LogP contribution is -2.20. The third kappa shape index (κ3) is 5.22. The highest BCUT2D eigenvalue weighted by molar-refractivity contribution is 7.16. The molecule has 1 heterocycles. The highest BCUT2D eigenvalue weighted by Crippen LogP contribution is 2.22. The molecular weight excluding hydrogens is 396 g/mol. The van der Waals surface area contributed by atoms with E-state index in [1.54, 1.807) is 0 Å². The number of carbonyl (C=O) groups is 1. The van der Waals surface area contributed by atoms with Crippen molar-refractivity contribution in [2.75, 3.05) is 19.8 Å². The van der Waals surface area contributed by atoms with E-state index in [0.29, 0.717) is 36.2 Å². The second-order valence-electron chi connectivity index (χ2n) is 6.10. The van der Waals surface area contributed by atoms with Gasteiger partial charge in [-0.3, -0.25) is 4.79 Å². The standard InChI is InChI=1S/C21H23ClN2O3S/c1-3-26-12-11-24-18-10-7-16(22)14-19(18)28-21(24)23-20(25)13-15-5-8-17(9-6-15)27-4-2/h5-10,14H,3-4,11-13H2,1-2H3. The molecule has 28 heavy (non-hydrogen) atoms. The average molecular weight is 419 g/mol. The Bertz CT molecular complexity index is 1010. The number of aromatic nitrogens is 1. The van der Waals surface area contributed by atoms with E-state index in [1.165, 1.54) is 11.3 Å². The van der Waals surface area contributed by atoms with Crippen LogP contribution in [-0.4, -0.2) is 30.3 Å². The maximum absolute atomic E-state index is 12.6. The Kier molecular flexibility index (Phi) is 7.25. The predicted molar refractivity (Wildman–Crippen MR) is 113 cm³/mol. The van der Waals surface area contributed by atoms with Gasteiger partial charge in [-0.1, -0.05) is 35.1 Å². The number of rotatable bonds is 8. The molecule has 0 saturated heterocycles. The molecule has 0 aliphatic carbocycles. The molecule has 0 aliphatic heterocycles. The number of benzene rings is 2. The smallest absolute Gasteiger partial charge is 0.252 e. The van der Waals surface area contributed by atoms with Crippen molar-refractivity contribution >= 4 is 39.1 Å². The van der Waals surface area contributed by atoms with Crippen LogP contribution >= 0.6 is 22.9 Å². The summed E-state index contributed by atoms with van der Waals surface area (Å²) in [6.07, 6.45) is 0.243. The first-order chi connectivity index (χ1) is 13.6. The molecule has 0 radical (unpaired) electrons. The number of nitrogens with zero attached hydrogens (tertiary/aromatic N) is 2. The van der Waals surface area contributed by atoms with E-state index in [2.05, 4.69) is 4.99 Å². The summed E-state index contributed by atoms with van der Waals surface area (Å²) in [5.41, 5.74) is 1.91. The highest BCUT2D eigenvalue weighted by Gasteiger charge is 2.09. The third-order valence-electron chi connectivity index (χ3n) is 4.12. The van der Waals surface area contributed by atoms with E-state index in [9.17, 15) is 4.79 Å². The average Bonchev–Trinajstić information content (AvgIpc) is 3.00. The SMILES string of the molecule is CCOCCn1c(=NC(=O)Cc2ccc(OCC)cc2)sc2cc(Cl)ccc21. The minimum Gasteiger partial charge on any atom is -0.494 e. The summed E-state index contributed by atoms with van der Waals surface area (Å²) in [6, 6.07) is 13.2. The molecule has 1 amide bonds. The van der Waals surface area contributed by atoms with Crippen molar-refractivity contribution in [3.05, 3.63) is 57.9 Å². The number of carbonyl (C=O) groups excluding carboxylic acids is 1. The van der Waals surface area contributed by atoms with Crippen molar-refractivity contribution in [2.24, 2.45) is 4.99 Å². The van der Waals surface area contributed by atoms with E-state index in [4.69, 9.17) is 21.1 Å².